The molecule has 4 rings (SSSR count). The number of nitrogens with zero attached hydrogens (tertiary/aromatic N) is 3. The van der Waals surface area contributed by atoms with Gasteiger partial charge in [0, 0.05) is 17.9 Å². The van der Waals surface area contributed by atoms with Gasteiger partial charge in [-0.1, -0.05) is 63.1 Å². The summed E-state index contributed by atoms with van der Waals surface area (Å²) in [6.07, 6.45) is 19.2. The van der Waals surface area contributed by atoms with Crippen LogP contribution in [-0.4, -0.2) is 23.0 Å². The van der Waals surface area contributed by atoms with Crippen LogP contribution in [0.3, 0.4) is 0 Å². The summed E-state index contributed by atoms with van der Waals surface area (Å²) in [5.41, 5.74) is 9.52. The maximum atomic E-state index is 12.4. The highest BCUT2D eigenvalue weighted by atomic mass is 16.3. The van der Waals surface area contributed by atoms with E-state index in [9.17, 15) is 9.90 Å². The molecule has 3 unspecified atom stereocenters. The molecular formula is C29H47N3O2. The van der Waals surface area contributed by atoms with Crippen LogP contribution in [0.2, 0.25) is 0 Å². The number of allylic oxidation sites excluding steroid dienone is 1. The summed E-state index contributed by atoms with van der Waals surface area (Å²) in [4.78, 5) is 15.2. The van der Waals surface area contributed by atoms with Crippen molar-refractivity contribution in [2.24, 2.45) is 39.6 Å². The lowest BCUT2D eigenvalue weighted by Crippen LogP contribution is -2.56. The lowest BCUT2D eigenvalue weighted by atomic mass is 9.44. The standard InChI is InChI=1S/C29H47N3O2/c1-27-15-12-23(33)20-22(27)19-21(11-9-7-5-4-6-8-10-18-31-32-30)26-24(27)13-16-28(2)25(26)14-17-29(28,3)34/h20-21,24-26,34H,4-19H2,1-3H3/t21-,24?,25?,26?,27+,28+,29+/m1/s1. The number of fused-ring (bicyclic) bond motifs is 5. The van der Waals surface area contributed by atoms with E-state index in [1.807, 2.05) is 6.08 Å². The highest BCUT2D eigenvalue weighted by molar-refractivity contribution is 5.91. The van der Waals surface area contributed by atoms with Crippen molar-refractivity contribution in [2.75, 3.05) is 6.54 Å². The first-order valence-electron chi connectivity index (χ1n) is 14.2. The molecular weight excluding hydrogens is 422 g/mol. The fourth-order valence-electron chi connectivity index (χ4n) is 8.76. The number of rotatable bonds is 10. The van der Waals surface area contributed by atoms with Crippen molar-refractivity contribution < 1.29 is 9.90 Å². The van der Waals surface area contributed by atoms with Crippen molar-refractivity contribution in [3.8, 4) is 0 Å². The largest absolute Gasteiger partial charge is 0.390 e. The maximum absolute atomic E-state index is 12.4. The van der Waals surface area contributed by atoms with Gasteiger partial charge < -0.3 is 5.11 Å². The first kappa shape index (κ1) is 25.8. The number of ketones is 1. The fourth-order valence-corrected chi connectivity index (χ4v) is 8.76. The topological polar surface area (TPSA) is 86.1 Å². The third-order valence-electron chi connectivity index (χ3n) is 11.1. The zero-order valence-electron chi connectivity index (χ0n) is 21.9. The van der Waals surface area contributed by atoms with Crippen molar-refractivity contribution in [2.45, 2.75) is 123 Å². The molecule has 4 aliphatic rings. The van der Waals surface area contributed by atoms with E-state index in [0.717, 1.165) is 44.9 Å². The predicted molar refractivity (Wildman–Crippen MR) is 137 cm³/mol. The molecule has 0 heterocycles. The van der Waals surface area contributed by atoms with E-state index in [-0.39, 0.29) is 10.8 Å². The second kappa shape index (κ2) is 10.3. The van der Waals surface area contributed by atoms with E-state index < -0.39 is 5.60 Å². The van der Waals surface area contributed by atoms with Gasteiger partial charge in [0.05, 0.1) is 5.60 Å². The quantitative estimate of drug-likeness (QED) is 0.152. The summed E-state index contributed by atoms with van der Waals surface area (Å²) < 4.78 is 0. The van der Waals surface area contributed by atoms with Crippen molar-refractivity contribution in [3.05, 3.63) is 22.1 Å². The smallest absolute Gasteiger partial charge is 0.155 e. The normalized spacial score (nSPS) is 41.2. The SMILES string of the molecule is C[C@]12CCC(=O)C=C1C[C@@H](CCCCCCCCCN=[N+]=[N-])C1C2CC[C@@]2(C)C1CC[C@]2(C)O. The number of aliphatic hydroxyl groups is 1. The van der Waals surface area contributed by atoms with Crippen molar-refractivity contribution in [3.63, 3.8) is 0 Å². The van der Waals surface area contributed by atoms with Crippen molar-refractivity contribution in [1.29, 1.82) is 0 Å². The average Bonchev–Trinajstić information content (AvgIpc) is 3.05. The van der Waals surface area contributed by atoms with Crippen LogP contribution >= 0.6 is 0 Å². The van der Waals surface area contributed by atoms with E-state index in [1.54, 1.807) is 0 Å². The molecule has 0 amide bonds. The minimum atomic E-state index is -0.536. The fraction of sp³-hybridized carbons (Fsp3) is 0.897. The van der Waals surface area contributed by atoms with Crippen LogP contribution < -0.4 is 0 Å². The summed E-state index contributed by atoms with van der Waals surface area (Å²) >= 11 is 0. The molecule has 1 N–H and O–H groups in total. The van der Waals surface area contributed by atoms with Crippen LogP contribution in [0.25, 0.3) is 10.4 Å². The van der Waals surface area contributed by atoms with Crippen molar-refractivity contribution in [1.82, 2.24) is 0 Å². The summed E-state index contributed by atoms with van der Waals surface area (Å²) in [6, 6.07) is 0. The molecule has 190 valence electrons. The van der Waals surface area contributed by atoms with Gasteiger partial charge in [0.15, 0.2) is 5.78 Å². The van der Waals surface area contributed by atoms with Crippen LogP contribution in [0.4, 0.5) is 0 Å². The third-order valence-corrected chi connectivity index (χ3v) is 11.1. The van der Waals surface area contributed by atoms with Crippen molar-refractivity contribution >= 4 is 5.78 Å². The lowest BCUT2D eigenvalue weighted by Gasteiger charge is -2.61. The van der Waals surface area contributed by atoms with Crippen LogP contribution in [-0.2, 0) is 4.79 Å². The van der Waals surface area contributed by atoms with E-state index in [0.29, 0.717) is 36.0 Å². The Morgan fingerprint density at radius 3 is 2.41 bits per heavy atom. The molecule has 7 atom stereocenters. The Balaban J connectivity index is 1.40. The van der Waals surface area contributed by atoms with Gasteiger partial charge in [-0.25, -0.2) is 0 Å². The van der Waals surface area contributed by atoms with Gasteiger partial charge in [-0.2, -0.15) is 0 Å². The van der Waals surface area contributed by atoms with Gasteiger partial charge >= 0.3 is 0 Å². The lowest BCUT2D eigenvalue weighted by molar-refractivity contribution is -0.135. The summed E-state index contributed by atoms with van der Waals surface area (Å²) in [6.45, 7) is 7.59. The molecule has 0 aromatic heterocycles. The highest BCUT2D eigenvalue weighted by Gasteiger charge is 2.64. The van der Waals surface area contributed by atoms with E-state index in [1.165, 1.54) is 56.9 Å². The van der Waals surface area contributed by atoms with Gasteiger partial charge in [0.25, 0.3) is 0 Å². The third kappa shape index (κ3) is 4.72. The Bertz CT molecular complexity index is 829. The molecule has 3 saturated carbocycles. The van der Waals surface area contributed by atoms with E-state index in [2.05, 4.69) is 30.8 Å². The van der Waals surface area contributed by atoms with Gasteiger partial charge in [0.1, 0.15) is 0 Å². The van der Waals surface area contributed by atoms with Gasteiger partial charge in [-0.05, 0) is 104 Å². The predicted octanol–water partition coefficient (Wildman–Crippen LogP) is 7.93. The average molecular weight is 470 g/mol. The Morgan fingerprint density at radius 2 is 1.68 bits per heavy atom. The zero-order valence-corrected chi connectivity index (χ0v) is 21.9. The minimum absolute atomic E-state index is 0.0457. The maximum Gasteiger partial charge on any atom is 0.155 e. The monoisotopic (exact) mass is 469 g/mol. The molecule has 0 aliphatic heterocycles. The van der Waals surface area contributed by atoms with Crippen LogP contribution in [0.15, 0.2) is 16.8 Å². The molecule has 0 spiro atoms. The molecule has 5 nitrogen and oxygen atoms in total. The van der Waals surface area contributed by atoms with Gasteiger partial charge in [0.2, 0.25) is 0 Å². The number of unbranched alkanes of at least 4 members (excludes halogenated alkanes) is 6. The Labute approximate surface area is 206 Å². The number of azide groups is 1. The minimum Gasteiger partial charge on any atom is -0.390 e. The zero-order chi connectivity index (χ0) is 24.4. The van der Waals surface area contributed by atoms with Gasteiger partial charge in [-0.15, -0.1) is 0 Å². The number of carbonyl (C=O) groups excluding carboxylic acids is 1. The van der Waals surface area contributed by atoms with Crippen LogP contribution in [0.1, 0.15) is 117 Å². The molecule has 0 aromatic rings. The Morgan fingerprint density at radius 1 is 1.00 bits per heavy atom. The van der Waals surface area contributed by atoms with E-state index in [4.69, 9.17) is 5.53 Å². The summed E-state index contributed by atoms with van der Waals surface area (Å²) in [5, 5.41) is 15.0. The van der Waals surface area contributed by atoms with Gasteiger partial charge in [-0.3, -0.25) is 4.79 Å². The molecule has 34 heavy (non-hydrogen) atoms. The summed E-state index contributed by atoms with van der Waals surface area (Å²) in [7, 11) is 0. The van der Waals surface area contributed by atoms with Crippen LogP contribution in [0.5, 0.6) is 0 Å². The van der Waals surface area contributed by atoms with Crippen LogP contribution in [0, 0.1) is 34.5 Å². The molecule has 0 bridgehead atoms. The second-order valence-corrected chi connectivity index (χ2v) is 12.8. The molecule has 0 saturated heterocycles. The number of carbonyl (C=O) groups is 1. The summed E-state index contributed by atoms with van der Waals surface area (Å²) in [5.74, 6) is 3.00. The molecule has 5 heteroatoms. The number of hydrogen-bond acceptors (Lipinski definition) is 3. The molecule has 3 fully saturated rings. The molecule has 0 aromatic carbocycles. The van der Waals surface area contributed by atoms with E-state index >= 15 is 0 Å². The Kier molecular flexibility index (Phi) is 7.84. The first-order valence-corrected chi connectivity index (χ1v) is 14.2. The Hall–Kier alpha value is -1.32. The number of hydrogen-bond donors (Lipinski definition) is 1. The first-order chi connectivity index (χ1) is 16.2. The second-order valence-electron chi connectivity index (χ2n) is 12.8. The highest BCUT2D eigenvalue weighted by Crippen LogP contribution is 2.69. The molecule has 0 radical (unpaired) electrons. The molecule has 4 aliphatic carbocycles.